The first-order valence-electron chi connectivity index (χ1n) is 5.12. The molecule has 3 N–H and O–H groups in total. The molecule has 82 valence electrons. The van der Waals surface area contributed by atoms with E-state index < -0.39 is 11.4 Å². The number of hydrogen-bond acceptors (Lipinski definition) is 2. The molecule has 0 fully saturated rings. The summed E-state index contributed by atoms with van der Waals surface area (Å²) >= 11 is 0. The molecular formula is C12H17NO2. The Bertz CT molecular complexity index is 318. The molecule has 3 nitrogen and oxygen atoms in total. The van der Waals surface area contributed by atoms with E-state index in [-0.39, 0.29) is 6.54 Å². The highest BCUT2D eigenvalue weighted by atomic mass is 16.4. The molecule has 1 aromatic rings. The third kappa shape index (κ3) is 2.57. The molecule has 0 amide bonds. The highest BCUT2D eigenvalue weighted by Crippen LogP contribution is 2.26. The van der Waals surface area contributed by atoms with Crippen LogP contribution in [0.4, 0.5) is 0 Å². The van der Waals surface area contributed by atoms with Gasteiger partial charge in [0, 0.05) is 6.54 Å². The van der Waals surface area contributed by atoms with Crippen molar-refractivity contribution in [3.05, 3.63) is 35.9 Å². The first-order chi connectivity index (χ1) is 7.14. The minimum Gasteiger partial charge on any atom is -0.481 e. The van der Waals surface area contributed by atoms with Gasteiger partial charge in [0.1, 0.15) is 0 Å². The van der Waals surface area contributed by atoms with E-state index in [0.29, 0.717) is 12.8 Å². The van der Waals surface area contributed by atoms with Crippen LogP contribution in [-0.2, 0) is 11.2 Å². The molecule has 0 spiro atoms. The lowest BCUT2D eigenvalue weighted by atomic mass is 9.79. The van der Waals surface area contributed by atoms with E-state index in [0.717, 1.165) is 5.56 Å². The summed E-state index contributed by atoms with van der Waals surface area (Å²) in [5, 5.41) is 9.21. The quantitative estimate of drug-likeness (QED) is 0.772. The van der Waals surface area contributed by atoms with Gasteiger partial charge in [-0.15, -0.1) is 0 Å². The van der Waals surface area contributed by atoms with Crippen LogP contribution in [-0.4, -0.2) is 17.6 Å². The SMILES string of the molecule is CC[C@](CN)(Cc1ccccc1)C(=O)O. The Kier molecular flexibility index (Phi) is 3.86. The van der Waals surface area contributed by atoms with Crippen molar-refractivity contribution < 1.29 is 9.90 Å². The first kappa shape index (κ1) is 11.7. The summed E-state index contributed by atoms with van der Waals surface area (Å²) in [6, 6.07) is 9.61. The topological polar surface area (TPSA) is 63.3 Å². The van der Waals surface area contributed by atoms with Gasteiger partial charge in [-0.05, 0) is 18.4 Å². The molecule has 3 heteroatoms. The van der Waals surface area contributed by atoms with Gasteiger partial charge in [0.25, 0.3) is 0 Å². The van der Waals surface area contributed by atoms with Crippen LogP contribution < -0.4 is 5.73 Å². The molecule has 1 rings (SSSR count). The maximum absolute atomic E-state index is 11.2. The number of nitrogens with two attached hydrogens (primary N) is 1. The summed E-state index contributed by atoms with van der Waals surface area (Å²) in [7, 11) is 0. The molecule has 0 heterocycles. The van der Waals surface area contributed by atoms with Crippen LogP contribution in [0.1, 0.15) is 18.9 Å². The number of rotatable bonds is 5. The number of aliphatic carboxylic acids is 1. The molecule has 0 bridgehead atoms. The van der Waals surface area contributed by atoms with Gasteiger partial charge in [-0.25, -0.2) is 0 Å². The molecular weight excluding hydrogens is 190 g/mol. The number of hydrogen-bond donors (Lipinski definition) is 2. The van der Waals surface area contributed by atoms with E-state index in [1.165, 1.54) is 0 Å². The van der Waals surface area contributed by atoms with Crippen molar-refractivity contribution in [3.8, 4) is 0 Å². The Labute approximate surface area is 89.9 Å². The highest BCUT2D eigenvalue weighted by Gasteiger charge is 2.35. The summed E-state index contributed by atoms with van der Waals surface area (Å²) < 4.78 is 0. The van der Waals surface area contributed by atoms with Crippen molar-refractivity contribution in [1.29, 1.82) is 0 Å². The minimum atomic E-state index is -0.818. The van der Waals surface area contributed by atoms with Crippen LogP contribution in [0.5, 0.6) is 0 Å². The molecule has 0 aliphatic rings. The van der Waals surface area contributed by atoms with Crippen LogP contribution in [0.2, 0.25) is 0 Å². The van der Waals surface area contributed by atoms with Gasteiger partial charge in [-0.3, -0.25) is 4.79 Å². The Morgan fingerprint density at radius 2 is 2.00 bits per heavy atom. The lowest BCUT2D eigenvalue weighted by Gasteiger charge is -2.26. The van der Waals surface area contributed by atoms with Gasteiger partial charge in [-0.1, -0.05) is 37.3 Å². The molecule has 15 heavy (non-hydrogen) atoms. The number of carbonyl (C=O) groups is 1. The van der Waals surface area contributed by atoms with Crippen molar-refractivity contribution in [2.45, 2.75) is 19.8 Å². The van der Waals surface area contributed by atoms with Gasteiger partial charge < -0.3 is 10.8 Å². The third-order valence-electron chi connectivity index (χ3n) is 2.91. The summed E-state index contributed by atoms with van der Waals surface area (Å²) in [6.07, 6.45) is 1.05. The second-order valence-corrected chi connectivity index (χ2v) is 3.81. The van der Waals surface area contributed by atoms with Crippen molar-refractivity contribution in [2.24, 2.45) is 11.1 Å². The molecule has 0 radical (unpaired) electrons. The standard InChI is InChI=1S/C12H17NO2/c1-2-12(9-13,11(14)15)8-10-6-4-3-5-7-10/h3-7H,2,8-9,13H2,1H3,(H,14,15)/t12-/m1/s1. The maximum atomic E-state index is 11.2. The predicted molar refractivity (Wildman–Crippen MR) is 59.6 cm³/mol. The zero-order valence-corrected chi connectivity index (χ0v) is 8.94. The van der Waals surface area contributed by atoms with Crippen molar-refractivity contribution >= 4 is 5.97 Å². The van der Waals surface area contributed by atoms with Crippen LogP contribution in [0.3, 0.4) is 0 Å². The number of carboxylic acid groups (broad SMARTS) is 1. The summed E-state index contributed by atoms with van der Waals surface area (Å²) in [6.45, 7) is 2.04. The van der Waals surface area contributed by atoms with E-state index >= 15 is 0 Å². The molecule has 1 atom stereocenters. The molecule has 0 saturated heterocycles. The highest BCUT2D eigenvalue weighted by molar-refractivity contribution is 5.75. The number of benzene rings is 1. The Morgan fingerprint density at radius 3 is 2.40 bits per heavy atom. The fourth-order valence-electron chi connectivity index (χ4n) is 1.64. The van der Waals surface area contributed by atoms with Crippen molar-refractivity contribution in [3.63, 3.8) is 0 Å². The fraction of sp³-hybridized carbons (Fsp3) is 0.417. The largest absolute Gasteiger partial charge is 0.481 e. The molecule has 0 unspecified atom stereocenters. The maximum Gasteiger partial charge on any atom is 0.311 e. The molecule has 0 aromatic heterocycles. The van der Waals surface area contributed by atoms with E-state index in [1.807, 2.05) is 37.3 Å². The Morgan fingerprint density at radius 1 is 1.40 bits per heavy atom. The number of carboxylic acids is 1. The lowest BCUT2D eigenvalue weighted by Crippen LogP contribution is -2.40. The average Bonchev–Trinajstić information content (AvgIpc) is 2.27. The van der Waals surface area contributed by atoms with Gasteiger partial charge >= 0.3 is 5.97 Å². The lowest BCUT2D eigenvalue weighted by molar-refractivity contribution is -0.148. The van der Waals surface area contributed by atoms with Gasteiger partial charge in [0.05, 0.1) is 5.41 Å². The zero-order chi connectivity index (χ0) is 11.3. The summed E-state index contributed by atoms with van der Waals surface area (Å²) in [4.78, 5) is 11.2. The molecule has 1 aromatic carbocycles. The van der Waals surface area contributed by atoms with Gasteiger partial charge in [0.2, 0.25) is 0 Å². The minimum absolute atomic E-state index is 0.174. The molecule has 0 saturated carbocycles. The predicted octanol–water partition coefficient (Wildman–Crippen LogP) is 1.67. The monoisotopic (exact) mass is 207 g/mol. The van der Waals surface area contributed by atoms with Crippen LogP contribution in [0, 0.1) is 5.41 Å². The summed E-state index contributed by atoms with van der Waals surface area (Å²) in [5.41, 5.74) is 5.79. The van der Waals surface area contributed by atoms with Crippen LogP contribution >= 0.6 is 0 Å². The van der Waals surface area contributed by atoms with Gasteiger partial charge in [-0.2, -0.15) is 0 Å². The van der Waals surface area contributed by atoms with Crippen molar-refractivity contribution in [1.82, 2.24) is 0 Å². The Hall–Kier alpha value is -1.35. The normalized spacial score (nSPS) is 14.5. The van der Waals surface area contributed by atoms with E-state index in [9.17, 15) is 9.90 Å². The van der Waals surface area contributed by atoms with Crippen LogP contribution in [0.25, 0.3) is 0 Å². The first-order valence-corrected chi connectivity index (χ1v) is 5.12. The van der Waals surface area contributed by atoms with Gasteiger partial charge in [0.15, 0.2) is 0 Å². The molecule has 0 aliphatic carbocycles. The zero-order valence-electron chi connectivity index (χ0n) is 8.94. The Balaban J connectivity index is 2.89. The van der Waals surface area contributed by atoms with E-state index in [4.69, 9.17) is 5.73 Å². The fourth-order valence-corrected chi connectivity index (χ4v) is 1.64. The van der Waals surface area contributed by atoms with E-state index in [2.05, 4.69) is 0 Å². The molecule has 0 aliphatic heterocycles. The second-order valence-electron chi connectivity index (χ2n) is 3.81. The summed E-state index contributed by atoms with van der Waals surface area (Å²) in [5.74, 6) is -0.809. The average molecular weight is 207 g/mol. The third-order valence-corrected chi connectivity index (χ3v) is 2.91. The smallest absolute Gasteiger partial charge is 0.311 e. The second kappa shape index (κ2) is 4.94. The van der Waals surface area contributed by atoms with Crippen LogP contribution in [0.15, 0.2) is 30.3 Å². The van der Waals surface area contributed by atoms with Crippen molar-refractivity contribution in [2.75, 3.05) is 6.54 Å². The van der Waals surface area contributed by atoms with E-state index in [1.54, 1.807) is 0 Å².